The fraction of sp³-hybridized carbons (Fsp3) is 0.619. The Labute approximate surface area is 160 Å². The number of thiazole rings is 1. The first-order valence-electron chi connectivity index (χ1n) is 10.3. The van der Waals surface area contributed by atoms with E-state index in [2.05, 4.69) is 29.2 Å². The van der Waals surface area contributed by atoms with Crippen LogP contribution in [-0.2, 0) is 4.79 Å². The summed E-state index contributed by atoms with van der Waals surface area (Å²) in [6.45, 7) is 4.78. The number of piperidine rings is 1. The van der Waals surface area contributed by atoms with Crippen LogP contribution in [0, 0.1) is 0 Å². The second-order valence-corrected chi connectivity index (χ2v) is 8.95. The summed E-state index contributed by atoms with van der Waals surface area (Å²) in [5.74, 6) is 0.878. The standard InChI is InChI=1S/C21H29N3OS/c25-20(24-13-6-2-1-3-7-14-24)16-23-12-8-9-17(15-23)21-22-18-10-4-5-11-19(18)26-21/h4-5,10-11,17H,1-3,6-9,12-16H2/p+1/t17-/m1/s1. The van der Waals surface area contributed by atoms with Crippen LogP contribution >= 0.6 is 11.3 Å². The molecule has 5 heteroatoms. The lowest BCUT2D eigenvalue weighted by molar-refractivity contribution is -0.898. The van der Waals surface area contributed by atoms with Crippen molar-refractivity contribution in [2.45, 2.75) is 50.9 Å². The van der Waals surface area contributed by atoms with Gasteiger partial charge >= 0.3 is 0 Å². The van der Waals surface area contributed by atoms with Crippen molar-refractivity contribution in [1.29, 1.82) is 0 Å². The molecule has 4 rings (SSSR count). The molecule has 2 aliphatic rings. The van der Waals surface area contributed by atoms with Crippen molar-refractivity contribution in [3.05, 3.63) is 29.3 Å². The van der Waals surface area contributed by atoms with Crippen LogP contribution in [0.25, 0.3) is 10.2 Å². The van der Waals surface area contributed by atoms with Gasteiger partial charge in [-0.2, -0.15) is 0 Å². The minimum atomic E-state index is 0.367. The number of fused-ring (bicyclic) bond motifs is 1. The Morgan fingerprint density at radius 3 is 2.69 bits per heavy atom. The van der Waals surface area contributed by atoms with Gasteiger partial charge in [0.15, 0.2) is 6.54 Å². The van der Waals surface area contributed by atoms with E-state index in [0.717, 1.165) is 31.7 Å². The number of likely N-dealkylation sites (tertiary alicyclic amines) is 2. The molecular formula is C21H30N3OS+. The highest BCUT2D eigenvalue weighted by atomic mass is 32.1. The van der Waals surface area contributed by atoms with Gasteiger partial charge in [-0.25, -0.2) is 4.98 Å². The highest BCUT2D eigenvalue weighted by molar-refractivity contribution is 7.18. The molecule has 2 aliphatic heterocycles. The van der Waals surface area contributed by atoms with Crippen LogP contribution in [0.4, 0.5) is 0 Å². The van der Waals surface area contributed by atoms with Gasteiger partial charge < -0.3 is 9.80 Å². The fourth-order valence-corrected chi connectivity index (χ4v) is 5.51. The second kappa shape index (κ2) is 8.49. The third-order valence-corrected chi connectivity index (χ3v) is 7.09. The summed E-state index contributed by atoms with van der Waals surface area (Å²) in [6, 6.07) is 8.42. The lowest BCUT2D eigenvalue weighted by atomic mass is 9.98. The van der Waals surface area contributed by atoms with Crippen LogP contribution in [0.5, 0.6) is 0 Å². The third kappa shape index (κ3) is 4.26. The highest BCUT2D eigenvalue weighted by Crippen LogP contribution is 2.30. The molecule has 0 saturated carbocycles. The van der Waals surface area contributed by atoms with Crippen LogP contribution in [0.1, 0.15) is 55.9 Å². The summed E-state index contributed by atoms with van der Waals surface area (Å²) in [5, 5.41) is 1.27. The molecule has 26 heavy (non-hydrogen) atoms. The molecule has 2 fully saturated rings. The van der Waals surface area contributed by atoms with Crippen molar-refractivity contribution < 1.29 is 9.69 Å². The topological polar surface area (TPSA) is 37.6 Å². The molecule has 1 aromatic carbocycles. The predicted molar refractivity (Wildman–Crippen MR) is 107 cm³/mol. The normalized spacial score (nSPS) is 25.0. The fourth-order valence-electron chi connectivity index (χ4n) is 4.41. The first-order chi connectivity index (χ1) is 12.8. The number of benzene rings is 1. The molecule has 140 valence electrons. The lowest BCUT2D eigenvalue weighted by Crippen LogP contribution is -3.14. The number of hydrogen-bond donors (Lipinski definition) is 1. The molecule has 1 aromatic heterocycles. The summed E-state index contributed by atoms with van der Waals surface area (Å²) >= 11 is 1.84. The van der Waals surface area contributed by atoms with Gasteiger partial charge in [-0.3, -0.25) is 4.79 Å². The monoisotopic (exact) mass is 372 g/mol. The van der Waals surface area contributed by atoms with E-state index in [1.54, 1.807) is 0 Å². The number of nitrogens with one attached hydrogen (secondary N) is 1. The Kier molecular flexibility index (Phi) is 5.85. The zero-order chi connectivity index (χ0) is 17.8. The van der Waals surface area contributed by atoms with Crippen LogP contribution < -0.4 is 4.90 Å². The molecule has 0 radical (unpaired) electrons. The van der Waals surface area contributed by atoms with Gasteiger partial charge in [-0.1, -0.05) is 31.4 Å². The Bertz CT molecular complexity index is 703. The van der Waals surface area contributed by atoms with Crippen LogP contribution in [0.2, 0.25) is 0 Å². The van der Waals surface area contributed by atoms with Gasteiger partial charge in [0.2, 0.25) is 0 Å². The molecule has 1 N–H and O–H groups in total. The molecule has 0 spiro atoms. The van der Waals surface area contributed by atoms with E-state index < -0.39 is 0 Å². The molecular weight excluding hydrogens is 342 g/mol. The van der Waals surface area contributed by atoms with Crippen molar-refractivity contribution in [3.63, 3.8) is 0 Å². The van der Waals surface area contributed by atoms with Gasteiger partial charge in [0.25, 0.3) is 5.91 Å². The van der Waals surface area contributed by atoms with Crippen molar-refractivity contribution in [3.8, 4) is 0 Å². The zero-order valence-electron chi connectivity index (χ0n) is 15.6. The van der Waals surface area contributed by atoms with Crippen molar-refractivity contribution >= 4 is 27.5 Å². The average molecular weight is 373 g/mol. The van der Waals surface area contributed by atoms with Crippen LogP contribution in [0.3, 0.4) is 0 Å². The largest absolute Gasteiger partial charge is 0.338 e. The number of carbonyl (C=O) groups is 1. The van der Waals surface area contributed by atoms with Crippen LogP contribution in [0.15, 0.2) is 24.3 Å². The summed E-state index contributed by atoms with van der Waals surface area (Å²) in [7, 11) is 0. The number of rotatable bonds is 3. The van der Waals surface area contributed by atoms with Gasteiger partial charge in [-0.05, 0) is 37.8 Å². The predicted octanol–water partition coefficient (Wildman–Crippen LogP) is 2.85. The number of carbonyl (C=O) groups excluding carboxylic acids is 1. The van der Waals surface area contributed by atoms with Gasteiger partial charge in [0, 0.05) is 13.1 Å². The number of amides is 1. The number of nitrogens with zero attached hydrogens (tertiary/aromatic N) is 2. The molecule has 4 nitrogen and oxygen atoms in total. The molecule has 3 heterocycles. The molecule has 2 aromatic rings. The highest BCUT2D eigenvalue weighted by Gasteiger charge is 2.29. The minimum Gasteiger partial charge on any atom is -0.338 e. The quantitative estimate of drug-likeness (QED) is 0.900. The SMILES string of the molecule is O=C(C[NH+]1CCC[C@@H](c2nc3ccccc3s2)C1)N1CCCCCCC1. The Balaban J connectivity index is 1.37. The Hall–Kier alpha value is -1.46. The second-order valence-electron chi connectivity index (χ2n) is 7.89. The summed E-state index contributed by atoms with van der Waals surface area (Å²) in [4.78, 5) is 21.3. The summed E-state index contributed by atoms with van der Waals surface area (Å²) in [5.41, 5.74) is 1.12. The van der Waals surface area contributed by atoms with Crippen molar-refractivity contribution in [2.75, 3.05) is 32.7 Å². The van der Waals surface area contributed by atoms with E-state index in [1.165, 1.54) is 59.6 Å². The number of hydrogen-bond acceptors (Lipinski definition) is 3. The maximum atomic E-state index is 12.8. The van der Waals surface area contributed by atoms with E-state index in [-0.39, 0.29) is 0 Å². The summed E-state index contributed by atoms with van der Waals surface area (Å²) in [6.07, 6.45) is 8.65. The maximum absolute atomic E-state index is 12.8. The van der Waals surface area contributed by atoms with Crippen molar-refractivity contribution in [2.24, 2.45) is 0 Å². The Morgan fingerprint density at radius 2 is 1.88 bits per heavy atom. The Morgan fingerprint density at radius 1 is 1.12 bits per heavy atom. The number of para-hydroxylation sites is 1. The molecule has 2 saturated heterocycles. The van der Waals surface area contributed by atoms with E-state index in [4.69, 9.17) is 4.98 Å². The number of aromatic nitrogens is 1. The van der Waals surface area contributed by atoms with E-state index >= 15 is 0 Å². The third-order valence-electron chi connectivity index (χ3n) is 5.89. The van der Waals surface area contributed by atoms with Crippen LogP contribution in [-0.4, -0.2) is 48.5 Å². The minimum absolute atomic E-state index is 0.367. The smallest absolute Gasteiger partial charge is 0.277 e. The molecule has 1 unspecified atom stereocenters. The molecule has 0 aliphatic carbocycles. The van der Waals surface area contributed by atoms with Gasteiger partial charge in [0.05, 0.1) is 29.2 Å². The maximum Gasteiger partial charge on any atom is 0.277 e. The first-order valence-corrected chi connectivity index (χ1v) is 11.1. The van der Waals surface area contributed by atoms with Crippen molar-refractivity contribution in [1.82, 2.24) is 9.88 Å². The zero-order valence-corrected chi connectivity index (χ0v) is 16.4. The lowest BCUT2D eigenvalue weighted by Gasteiger charge is -2.31. The molecule has 2 atom stereocenters. The number of quaternary nitrogens is 1. The van der Waals surface area contributed by atoms with Gasteiger partial charge in [-0.15, -0.1) is 11.3 Å². The van der Waals surface area contributed by atoms with Gasteiger partial charge in [0.1, 0.15) is 5.01 Å². The molecule has 0 bridgehead atoms. The molecule has 1 amide bonds. The van der Waals surface area contributed by atoms with E-state index in [1.807, 2.05) is 11.3 Å². The summed E-state index contributed by atoms with van der Waals surface area (Å²) < 4.78 is 1.28. The van der Waals surface area contributed by atoms with E-state index in [0.29, 0.717) is 18.4 Å². The van der Waals surface area contributed by atoms with E-state index in [9.17, 15) is 4.79 Å². The average Bonchev–Trinajstić information content (AvgIpc) is 3.06. The first kappa shape index (κ1) is 17.9.